The van der Waals surface area contributed by atoms with Gasteiger partial charge in [0.2, 0.25) is 10.0 Å². The molecule has 9 heteroatoms. The third kappa shape index (κ3) is 5.63. The Morgan fingerprint density at radius 3 is 2.52 bits per heavy atom. The monoisotopic (exact) mass is 456 g/mol. The second-order valence-corrected chi connectivity index (χ2v) is 9.53. The molecule has 0 spiro atoms. The highest BCUT2D eigenvalue weighted by Gasteiger charge is 2.30. The third-order valence-corrected chi connectivity index (χ3v) is 6.73. The zero-order valence-electron chi connectivity index (χ0n) is 16.1. The smallest absolute Gasteiger partial charge is 0.252 e. The summed E-state index contributed by atoms with van der Waals surface area (Å²) in [5.74, 6) is 0.243. The van der Waals surface area contributed by atoms with Crippen LogP contribution in [0.3, 0.4) is 0 Å². The van der Waals surface area contributed by atoms with Crippen LogP contribution in [0.5, 0.6) is 5.75 Å². The van der Waals surface area contributed by atoms with E-state index in [0.717, 1.165) is 29.7 Å². The lowest BCUT2D eigenvalue weighted by molar-refractivity contribution is 0.0947. The second-order valence-electron chi connectivity index (χ2n) is 7.03. The number of amides is 1. The molecule has 2 N–H and O–H groups in total. The minimum Gasteiger partial charge on any atom is -0.491 e. The third-order valence-electron chi connectivity index (χ3n) is 4.43. The van der Waals surface area contributed by atoms with Crippen LogP contribution in [-0.4, -0.2) is 33.5 Å². The Morgan fingerprint density at radius 1 is 1.14 bits per heavy atom. The van der Waals surface area contributed by atoms with Crippen molar-refractivity contribution < 1.29 is 17.9 Å². The number of halogens is 2. The minimum absolute atomic E-state index is 0.0297. The molecule has 0 atom stereocenters. The molecule has 6 nitrogen and oxygen atoms in total. The molecule has 2 aromatic rings. The van der Waals surface area contributed by atoms with Crippen molar-refractivity contribution in [3.05, 3.63) is 57.1 Å². The van der Waals surface area contributed by atoms with E-state index in [2.05, 4.69) is 10.0 Å². The van der Waals surface area contributed by atoms with Crippen molar-refractivity contribution in [3.8, 4) is 5.75 Å². The summed E-state index contributed by atoms with van der Waals surface area (Å²) < 4.78 is 33.2. The Kier molecular flexibility index (Phi) is 6.73. The van der Waals surface area contributed by atoms with E-state index >= 15 is 0 Å². The zero-order chi connectivity index (χ0) is 21.2. The van der Waals surface area contributed by atoms with Crippen LogP contribution in [0, 0.1) is 13.8 Å². The Labute approximate surface area is 180 Å². The van der Waals surface area contributed by atoms with Crippen molar-refractivity contribution in [2.75, 3.05) is 13.2 Å². The molecule has 2 aromatic carbocycles. The summed E-state index contributed by atoms with van der Waals surface area (Å²) in [5, 5.41) is 2.73. The van der Waals surface area contributed by atoms with E-state index in [-0.39, 0.29) is 39.7 Å². The van der Waals surface area contributed by atoms with Gasteiger partial charge in [0, 0.05) is 6.04 Å². The summed E-state index contributed by atoms with van der Waals surface area (Å²) in [6.45, 7) is 4.44. The molecule has 156 valence electrons. The molecule has 29 heavy (non-hydrogen) atoms. The van der Waals surface area contributed by atoms with Crippen LogP contribution in [0.25, 0.3) is 0 Å². The average molecular weight is 457 g/mol. The number of hydrogen-bond acceptors (Lipinski definition) is 4. The van der Waals surface area contributed by atoms with Gasteiger partial charge < -0.3 is 10.1 Å². The molecule has 1 amide bonds. The van der Waals surface area contributed by atoms with Crippen molar-refractivity contribution >= 4 is 39.1 Å². The number of nitrogens with one attached hydrogen (secondary N) is 2. The van der Waals surface area contributed by atoms with Gasteiger partial charge in [0.25, 0.3) is 5.91 Å². The molecule has 0 aliphatic heterocycles. The summed E-state index contributed by atoms with van der Waals surface area (Å²) in [4.78, 5) is 12.3. The number of benzene rings is 2. The molecule has 1 aliphatic rings. The lowest BCUT2D eigenvalue weighted by atomic mass is 10.1. The van der Waals surface area contributed by atoms with Crippen LogP contribution in [-0.2, 0) is 10.0 Å². The van der Waals surface area contributed by atoms with Crippen LogP contribution >= 0.6 is 23.2 Å². The number of aryl methyl sites for hydroxylation is 2. The molecule has 0 saturated heterocycles. The van der Waals surface area contributed by atoms with Crippen LogP contribution in [0.2, 0.25) is 10.0 Å². The predicted octanol–water partition coefficient (Wildman–Crippen LogP) is 3.86. The van der Waals surface area contributed by atoms with Crippen LogP contribution in [0.4, 0.5) is 0 Å². The second kappa shape index (κ2) is 8.92. The highest BCUT2D eigenvalue weighted by atomic mass is 35.5. The van der Waals surface area contributed by atoms with Crippen molar-refractivity contribution in [2.45, 2.75) is 37.6 Å². The first-order valence-corrected chi connectivity index (χ1v) is 11.4. The Balaban J connectivity index is 1.64. The maximum Gasteiger partial charge on any atom is 0.252 e. The van der Waals surface area contributed by atoms with Gasteiger partial charge in [-0.15, -0.1) is 0 Å². The topological polar surface area (TPSA) is 84.5 Å². The number of carbonyl (C=O) groups excluding carboxylic acids is 1. The van der Waals surface area contributed by atoms with Crippen molar-refractivity contribution in [2.24, 2.45) is 0 Å². The summed E-state index contributed by atoms with van der Waals surface area (Å²) in [6.07, 6.45) is 1.58. The highest BCUT2D eigenvalue weighted by molar-refractivity contribution is 7.89. The molecule has 0 heterocycles. The van der Waals surface area contributed by atoms with E-state index in [1.807, 2.05) is 32.0 Å². The molecular weight excluding hydrogens is 435 g/mol. The van der Waals surface area contributed by atoms with E-state index in [9.17, 15) is 13.2 Å². The van der Waals surface area contributed by atoms with Gasteiger partial charge in [-0.25, -0.2) is 13.1 Å². The maximum atomic E-state index is 12.5. The van der Waals surface area contributed by atoms with E-state index in [1.165, 1.54) is 12.1 Å². The van der Waals surface area contributed by atoms with Crippen molar-refractivity contribution in [1.29, 1.82) is 0 Å². The summed E-state index contributed by atoms with van der Waals surface area (Å²) >= 11 is 12.2. The Hall–Kier alpha value is -1.80. The molecule has 0 bridgehead atoms. The van der Waals surface area contributed by atoms with Crippen LogP contribution in [0.15, 0.2) is 35.2 Å². The van der Waals surface area contributed by atoms with Gasteiger partial charge >= 0.3 is 0 Å². The fraction of sp³-hybridized carbons (Fsp3) is 0.350. The van der Waals surface area contributed by atoms with Gasteiger partial charge in [0.15, 0.2) is 0 Å². The fourth-order valence-corrected chi connectivity index (χ4v) is 4.94. The SMILES string of the molecule is Cc1ccc(OCCNC(=O)c2cc(S(=O)(=O)NC3CC3)c(Cl)cc2Cl)c(C)c1. The molecule has 0 aromatic heterocycles. The molecule has 0 unspecified atom stereocenters. The van der Waals surface area contributed by atoms with Gasteiger partial charge in [0.05, 0.1) is 22.2 Å². The van der Waals surface area contributed by atoms with Gasteiger partial charge in [-0.2, -0.15) is 0 Å². The van der Waals surface area contributed by atoms with Gasteiger partial charge in [-0.05, 0) is 50.5 Å². The average Bonchev–Trinajstić information content (AvgIpc) is 3.43. The number of rotatable bonds is 8. The zero-order valence-corrected chi connectivity index (χ0v) is 18.4. The van der Waals surface area contributed by atoms with Crippen LogP contribution in [0.1, 0.15) is 34.3 Å². The number of carbonyl (C=O) groups is 1. The number of hydrogen-bond donors (Lipinski definition) is 2. The molecule has 1 aliphatic carbocycles. The van der Waals surface area contributed by atoms with E-state index in [0.29, 0.717) is 0 Å². The lowest BCUT2D eigenvalue weighted by Crippen LogP contribution is -2.29. The summed E-state index contributed by atoms with van der Waals surface area (Å²) in [5.41, 5.74) is 2.19. The molecular formula is C20H22Cl2N2O4S. The minimum atomic E-state index is -3.82. The van der Waals surface area contributed by atoms with Crippen LogP contribution < -0.4 is 14.8 Å². The summed E-state index contributed by atoms with van der Waals surface area (Å²) in [7, 11) is -3.82. The van der Waals surface area contributed by atoms with Crippen molar-refractivity contribution in [3.63, 3.8) is 0 Å². The molecule has 1 fully saturated rings. The Bertz CT molecular complexity index is 1040. The first-order valence-electron chi connectivity index (χ1n) is 9.17. The van der Waals surface area contributed by atoms with Gasteiger partial charge in [0.1, 0.15) is 17.3 Å². The quantitative estimate of drug-likeness (QED) is 0.590. The number of ether oxygens (including phenoxy) is 1. The molecule has 1 saturated carbocycles. The standard InChI is InChI=1S/C20H22Cl2N2O4S/c1-12-3-6-18(13(2)9-12)28-8-7-23-20(25)15-10-19(17(22)11-16(15)21)29(26,27)24-14-4-5-14/h3,6,9-11,14,24H,4-5,7-8H2,1-2H3,(H,23,25). The van der Waals surface area contributed by atoms with E-state index in [1.54, 1.807) is 0 Å². The molecule has 3 rings (SSSR count). The maximum absolute atomic E-state index is 12.5. The van der Waals surface area contributed by atoms with E-state index < -0.39 is 15.9 Å². The number of sulfonamides is 1. The first kappa shape index (κ1) is 21.9. The van der Waals surface area contributed by atoms with Gasteiger partial charge in [-0.3, -0.25) is 4.79 Å². The van der Waals surface area contributed by atoms with Gasteiger partial charge in [-0.1, -0.05) is 40.9 Å². The largest absolute Gasteiger partial charge is 0.491 e. The normalized spacial score (nSPS) is 13.9. The fourth-order valence-electron chi connectivity index (χ4n) is 2.78. The predicted molar refractivity (Wildman–Crippen MR) is 114 cm³/mol. The summed E-state index contributed by atoms with van der Waals surface area (Å²) in [6, 6.07) is 8.24. The van der Waals surface area contributed by atoms with E-state index in [4.69, 9.17) is 27.9 Å². The molecule has 0 radical (unpaired) electrons. The van der Waals surface area contributed by atoms with Crippen molar-refractivity contribution in [1.82, 2.24) is 10.0 Å². The lowest BCUT2D eigenvalue weighted by Gasteiger charge is -2.13. The Morgan fingerprint density at radius 2 is 1.86 bits per heavy atom. The highest BCUT2D eigenvalue weighted by Crippen LogP contribution is 2.30. The first-order chi connectivity index (χ1) is 13.7.